The fourth-order valence-corrected chi connectivity index (χ4v) is 2.53. The number of rotatable bonds is 1. The summed E-state index contributed by atoms with van der Waals surface area (Å²) in [6.07, 6.45) is 0.301. The Bertz CT molecular complexity index is 438. The Labute approximate surface area is 82.3 Å². The van der Waals surface area contributed by atoms with Crippen molar-refractivity contribution in [1.29, 1.82) is 0 Å². The molecule has 0 amide bonds. The van der Waals surface area contributed by atoms with E-state index in [0.717, 1.165) is 0 Å². The summed E-state index contributed by atoms with van der Waals surface area (Å²) in [7, 11) is -4.02. The van der Waals surface area contributed by atoms with E-state index in [1.54, 1.807) is 24.3 Å². The van der Waals surface area contributed by atoms with Gasteiger partial charge in [-0.2, -0.15) is 8.42 Å². The first-order valence-electron chi connectivity index (χ1n) is 4.27. The number of benzene rings is 1. The van der Waals surface area contributed by atoms with Crippen LogP contribution in [0.2, 0.25) is 0 Å². The van der Waals surface area contributed by atoms with Crippen LogP contribution in [0.15, 0.2) is 24.3 Å². The average molecular weight is 214 g/mol. The summed E-state index contributed by atoms with van der Waals surface area (Å²) in [6, 6.07) is 6.86. The van der Waals surface area contributed by atoms with Crippen molar-refractivity contribution in [3.05, 3.63) is 29.8 Å². The molecule has 1 aliphatic heterocycles. The highest BCUT2D eigenvalue weighted by Crippen LogP contribution is 2.36. The van der Waals surface area contributed by atoms with Crippen LogP contribution in [0.5, 0.6) is 5.75 Å². The van der Waals surface area contributed by atoms with Crippen molar-refractivity contribution in [3.8, 4) is 5.75 Å². The maximum atomic E-state index is 11.0. The molecule has 0 spiro atoms. The van der Waals surface area contributed by atoms with E-state index in [0.29, 0.717) is 24.3 Å². The molecule has 1 atom stereocenters. The molecule has 76 valence electrons. The zero-order chi connectivity index (χ0) is 10.2. The van der Waals surface area contributed by atoms with Crippen molar-refractivity contribution in [2.24, 2.45) is 0 Å². The standard InChI is InChI=1S/C9H10O4S/c10-14(11,12)9-5-6-13-8-4-2-1-3-7(8)9/h1-4,9H,5-6H2,(H,10,11,12). The van der Waals surface area contributed by atoms with Crippen LogP contribution in [0.3, 0.4) is 0 Å². The number of para-hydroxylation sites is 1. The molecule has 1 N–H and O–H groups in total. The van der Waals surface area contributed by atoms with Crippen LogP contribution in [0, 0.1) is 0 Å². The van der Waals surface area contributed by atoms with Gasteiger partial charge in [-0.05, 0) is 6.07 Å². The quantitative estimate of drug-likeness (QED) is 0.718. The molecule has 1 unspecified atom stereocenters. The van der Waals surface area contributed by atoms with Gasteiger partial charge >= 0.3 is 0 Å². The highest BCUT2D eigenvalue weighted by atomic mass is 32.2. The Balaban J connectivity index is 2.51. The van der Waals surface area contributed by atoms with Crippen molar-refractivity contribution >= 4 is 10.1 Å². The molecule has 2 rings (SSSR count). The van der Waals surface area contributed by atoms with E-state index in [-0.39, 0.29) is 0 Å². The molecule has 0 radical (unpaired) electrons. The van der Waals surface area contributed by atoms with Gasteiger partial charge in [0.15, 0.2) is 0 Å². The van der Waals surface area contributed by atoms with E-state index in [1.807, 2.05) is 0 Å². The van der Waals surface area contributed by atoms with Crippen LogP contribution in [0.4, 0.5) is 0 Å². The summed E-state index contributed by atoms with van der Waals surface area (Å²) in [5, 5.41) is -0.840. The molecule has 4 nitrogen and oxygen atoms in total. The van der Waals surface area contributed by atoms with Crippen LogP contribution < -0.4 is 4.74 Å². The summed E-state index contributed by atoms with van der Waals surface area (Å²) in [5.41, 5.74) is 0.543. The molecule has 0 saturated carbocycles. The van der Waals surface area contributed by atoms with Gasteiger partial charge in [0.2, 0.25) is 0 Å². The van der Waals surface area contributed by atoms with Crippen molar-refractivity contribution in [2.75, 3.05) is 6.61 Å². The molecule has 14 heavy (non-hydrogen) atoms. The lowest BCUT2D eigenvalue weighted by Crippen LogP contribution is -2.20. The smallest absolute Gasteiger partial charge is 0.272 e. The molecule has 1 aromatic carbocycles. The number of fused-ring (bicyclic) bond motifs is 1. The highest BCUT2D eigenvalue weighted by molar-refractivity contribution is 7.86. The second kappa shape index (κ2) is 3.25. The summed E-state index contributed by atoms with van der Waals surface area (Å²) in [4.78, 5) is 0. The minimum atomic E-state index is -4.02. The monoisotopic (exact) mass is 214 g/mol. The maximum absolute atomic E-state index is 11.0. The minimum Gasteiger partial charge on any atom is -0.493 e. The lowest BCUT2D eigenvalue weighted by molar-refractivity contribution is 0.279. The van der Waals surface area contributed by atoms with Gasteiger partial charge in [0.05, 0.1) is 6.61 Å². The first-order valence-corrected chi connectivity index (χ1v) is 5.77. The summed E-state index contributed by atoms with van der Waals surface area (Å²) in [6.45, 7) is 0.321. The normalized spacial score (nSPS) is 21.1. The van der Waals surface area contributed by atoms with Crippen LogP contribution in [-0.4, -0.2) is 19.6 Å². The van der Waals surface area contributed by atoms with Gasteiger partial charge < -0.3 is 4.74 Å². The molecule has 0 bridgehead atoms. The van der Waals surface area contributed by atoms with Crippen molar-refractivity contribution in [2.45, 2.75) is 11.7 Å². The SMILES string of the molecule is O=S(=O)(O)C1CCOc2ccccc21. The Morgan fingerprint density at radius 1 is 1.36 bits per heavy atom. The van der Waals surface area contributed by atoms with Crippen molar-refractivity contribution in [1.82, 2.24) is 0 Å². The van der Waals surface area contributed by atoms with Gasteiger partial charge in [-0.3, -0.25) is 4.55 Å². The van der Waals surface area contributed by atoms with Crippen molar-refractivity contribution < 1.29 is 17.7 Å². The maximum Gasteiger partial charge on any atom is 0.272 e. The summed E-state index contributed by atoms with van der Waals surface area (Å²) in [5.74, 6) is 0.543. The van der Waals surface area contributed by atoms with E-state index < -0.39 is 15.4 Å². The third-order valence-corrected chi connectivity index (χ3v) is 3.47. The molecule has 1 aliphatic rings. The van der Waals surface area contributed by atoms with Gasteiger partial charge in [0, 0.05) is 12.0 Å². The Kier molecular flexibility index (Phi) is 2.20. The lowest BCUT2D eigenvalue weighted by atomic mass is 10.1. The fourth-order valence-electron chi connectivity index (χ4n) is 1.62. The number of hydrogen-bond donors (Lipinski definition) is 1. The zero-order valence-electron chi connectivity index (χ0n) is 7.38. The van der Waals surface area contributed by atoms with E-state index in [2.05, 4.69) is 0 Å². The van der Waals surface area contributed by atoms with Gasteiger partial charge in [0.25, 0.3) is 10.1 Å². The highest BCUT2D eigenvalue weighted by Gasteiger charge is 2.30. The Morgan fingerprint density at radius 3 is 2.79 bits per heavy atom. The van der Waals surface area contributed by atoms with E-state index in [1.165, 1.54) is 0 Å². The van der Waals surface area contributed by atoms with Crippen LogP contribution in [-0.2, 0) is 10.1 Å². The zero-order valence-corrected chi connectivity index (χ0v) is 8.20. The van der Waals surface area contributed by atoms with Gasteiger partial charge in [-0.1, -0.05) is 18.2 Å². The summed E-state index contributed by atoms with van der Waals surface area (Å²) < 4.78 is 36.4. The molecular weight excluding hydrogens is 204 g/mol. The molecular formula is C9H10O4S. The molecule has 1 heterocycles. The minimum absolute atomic E-state index is 0.301. The Hall–Kier alpha value is -1.07. The average Bonchev–Trinajstić information content (AvgIpc) is 2.15. The van der Waals surface area contributed by atoms with E-state index in [4.69, 9.17) is 9.29 Å². The third-order valence-electron chi connectivity index (χ3n) is 2.26. The first-order chi connectivity index (χ1) is 6.59. The molecule has 0 fully saturated rings. The van der Waals surface area contributed by atoms with Gasteiger partial charge in [-0.25, -0.2) is 0 Å². The molecule has 0 aromatic heterocycles. The second-order valence-electron chi connectivity index (χ2n) is 3.18. The van der Waals surface area contributed by atoms with E-state index in [9.17, 15) is 8.42 Å². The summed E-state index contributed by atoms with van der Waals surface area (Å²) >= 11 is 0. The van der Waals surface area contributed by atoms with E-state index >= 15 is 0 Å². The van der Waals surface area contributed by atoms with Crippen molar-refractivity contribution in [3.63, 3.8) is 0 Å². The first kappa shape index (κ1) is 9.48. The Morgan fingerprint density at radius 2 is 2.07 bits per heavy atom. The van der Waals surface area contributed by atoms with Crippen LogP contribution >= 0.6 is 0 Å². The second-order valence-corrected chi connectivity index (χ2v) is 4.78. The molecule has 0 saturated heterocycles. The predicted octanol–water partition coefficient (Wildman–Crippen LogP) is 1.40. The lowest BCUT2D eigenvalue weighted by Gasteiger charge is -2.23. The third kappa shape index (κ3) is 1.60. The van der Waals surface area contributed by atoms with Crippen LogP contribution in [0.25, 0.3) is 0 Å². The largest absolute Gasteiger partial charge is 0.493 e. The van der Waals surface area contributed by atoms with Gasteiger partial charge in [0.1, 0.15) is 11.0 Å². The molecule has 5 heteroatoms. The van der Waals surface area contributed by atoms with Crippen LogP contribution in [0.1, 0.15) is 17.2 Å². The number of hydrogen-bond acceptors (Lipinski definition) is 3. The molecule has 1 aromatic rings. The molecule has 0 aliphatic carbocycles. The topological polar surface area (TPSA) is 63.6 Å². The number of ether oxygens (including phenoxy) is 1. The fraction of sp³-hybridized carbons (Fsp3) is 0.333. The van der Waals surface area contributed by atoms with Gasteiger partial charge in [-0.15, -0.1) is 0 Å². The predicted molar refractivity (Wildman–Crippen MR) is 50.8 cm³/mol.